The topological polar surface area (TPSA) is 21.1 Å². The Morgan fingerprint density at radius 1 is 1.07 bits per heavy atom. The number of halogens is 1. The zero-order valence-electron chi connectivity index (χ0n) is 17.7. The first kappa shape index (κ1) is 18.9. The smallest absolute Gasteiger partial charge is 0.153 e. The lowest BCUT2D eigenvalue weighted by atomic mass is 9.93. The predicted molar refractivity (Wildman–Crippen MR) is 121 cm³/mol. The Hall–Kier alpha value is -3.14. The highest BCUT2D eigenvalue weighted by Gasteiger charge is 2.27. The van der Waals surface area contributed by atoms with E-state index in [1.54, 1.807) is 12.1 Å². The van der Waals surface area contributed by atoms with Gasteiger partial charge in [-0.1, -0.05) is 36.4 Å². The molecule has 0 N–H and O–H groups in total. The van der Waals surface area contributed by atoms with Crippen molar-refractivity contribution in [3.05, 3.63) is 94.6 Å². The monoisotopic (exact) mass is 399 g/mol. The lowest BCUT2D eigenvalue weighted by molar-refractivity contribution is 0.616. The largest absolute Gasteiger partial charge is 0.348 e. The van der Waals surface area contributed by atoms with Crippen LogP contribution in [0.25, 0.3) is 10.9 Å². The molecule has 152 valence electrons. The molecule has 5 rings (SSSR count). The molecule has 4 aromatic rings. The lowest BCUT2D eigenvalue weighted by Gasteiger charge is -2.36. The van der Waals surface area contributed by atoms with E-state index in [1.807, 2.05) is 12.3 Å². The molecule has 2 aromatic heterocycles. The van der Waals surface area contributed by atoms with Crippen LogP contribution < -0.4 is 4.90 Å². The standard InChI is InChI=1S/C26H26FN3/c1-17-18(2)30(16-20-7-6-9-22(27)15-20)25-23(17)11-13-28-26(25)29-14-12-21-8-4-5-10-24(21)19(29)3/h4-11,13,15,19H,12,14,16H2,1-3H3. The van der Waals surface area contributed by atoms with Gasteiger partial charge in [-0.15, -0.1) is 0 Å². The number of pyridine rings is 1. The maximum absolute atomic E-state index is 13.8. The van der Waals surface area contributed by atoms with Gasteiger partial charge in [0, 0.05) is 30.4 Å². The quantitative estimate of drug-likeness (QED) is 0.423. The summed E-state index contributed by atoms with van der Waals surface area (Å²) in [4.78, 5) is 7.28. The minimum Gasteiger partial charge on any atom is -0.348 e. The van der Waals surface area contributed by atoms with Crippen molar-refractivity contribution in [1.29, 1.82) is 0 Å². The van der Waals surface area contributed by atoms with Crippen LogP contribution in [0.1, 0.15) is 40.9 Å². The summed E-state index contributed by atoms with van der Waals surface area (Å²) in [5.74, 6) is 0.819. The van der Waals surface area contributed by atoms with Crippen LogP contribution in [0.5, 0.6) is 0 Å². The summed E-state index contributed by atoms with van der Waals surface area (Å²) < 4.78 is 16.1. The minimum atomic E-state index is -0.196. The Balaban J connectivity index is 1.66. The Bertz CT molecular complexity index is 1240. The van der Waals surface area contributed by atoms with Crippen LogP contribution in [0.2, 0.25) is 0 Å². The van der Waals surface area contributed by atoms with Gasteiger partial charge < -0.3 is 9.47 Å². The molecule has 1 unspecified atom stereocenters. The van der Waals surface area contributed by atoms with Gasteiger partial charge in [0.05, 0.1) is 11.6 Å². The molecule has 0 aliphatic carbocycles. The highest BCUT2D eigenvalue weighted by Crippen LogP contribution is 2.38. The number of aryl methyl sites for hydroxylation is 1. The first-order valence-corrected chi connectivity index (χ1v) is 10.6. The van der Waals surface area contributed by atoms with Crippen molar-refractivity contribution in [3.63, 3.8) is 0 Å². The van der Waals surface area contributed by atoms with Gasteiger partial charge in [0.1, 0.15) is 5.82 Å². The van der Waals surface area contributed by atoms with Crippen molar-refractivity contribution in [2.45, 2.75) is 39.8 Å². The second-order valence-electron chi connectivity index (χ2n) is 8.28. The molecule has 4 heteroatoms. The van der Waals surface area contributed by atoms with Crippen molar-refractivity contribution >= 4 is 16.7 Å². The van der Waals surface area contributed by atoms with Crippen LogP contribution in [-0.4, -0.2) is 16.1 Å². The van der Waals surface area contributed by atoms with E-state index in [0.717, 1.165) is 29.9 Å². The fourth-order valence-electron chi connectivity index (χ4n) is 4.86. The van der Waals surface area contributed by atoms with E-state index in [4.69, 9.17) is 4.98 Å². The maximum Gasteiger partial charge on any atom is 0.153 e. The third-order valence-corrected chi connectivity index (χ3v) is 6.62. The van der Waals surface area contributed by atoms with Crippen LogP contribution in [0.4, 0.5) is 10.2 Å². The molecule has 0 radical (unpaired) electrons. The van der Waals surface area contributed by atoms with Crippen LogP contribution >= 0.6 is 0 Å². The normalized spacial score (nSPS) is 16.1. The van der Waals surface area contributed by atoms with Crippen LogP contribution in [0.15, 0.2) is 60.8 Å². The van der Waals surface area contributed by atoms with Gasteiger partial charge in [-0.05, 0) is 67.6 Å². The fraction of sp³-hybridized carbons (Fsp3) is 0.269. The third-order valence-electron chi connectivity index (χ3n) is 6.62. The van der Waals surface area contributed by atoms with Crippen LogP contribution in [0.3, 0.4) is 0 Å². The number of anilines is 1. The molecular weight excluding hydrogens is 373 g/mol. The molecule has 1 aliphatic heterocycles. The molecule has 0 bridgehead atoms. The average Bonchev–Trinajstić information content (AvgIpc) is 2.99. The second kappa shape index (κ2) is 7.28. The fourth-order valence-corrected chi connectivity index (χ4v) is 4.86. The molecule has 0 spiro atoms. The van der Waals surface area contributed by atoms with Gasteiger partial charge >= 0.3 is 0 Å². The Morgan fingerprint density at radius 2 is 1.90 bits per heavy atom. The zero-order chi connectivity index (χ0) is 20.8. The molecule has 3 heterocycles. The van der Waals surface area contributed by atoms with E-state index in [1.165, 1.54) is 33.8 Å². The summed E-state index contributed by atoms with van der Waals surface area (Å²) >= 11 is 0. The summed E-state index contributed by atoms with van der Waals surface area (Å²) in [6.45, 7) is 8.14. The van der Waals surface area contributed by atoms with Crippen molar-refractivity contribution < 1.29 is 4.39 Å². The average molecular weight is 400 g/mol. The summed E-state index contributed by atoms with van der Waals surface area (Å²) in [5.41, 5.74) is 7.36. The van der Waals surface area contributed by atoms with Crippen LogP contribution in [-0.2, 0) is 13.0 Å². The molecule has 0 saturated carbocycles. The third kappa shape index (κ3) is 2.98. The van der Waals surface area contributed by atoms with Gasteiger partial charge in [-0.3, -0.25) is 0 Å². The molecule has 3 nitrogen and oxygen atoms in total. The number of nitrogens with zero attached hydrogens (tertiary/aromatic N) is 3. The van der Waals surface area contributed by atoms with E-state index >= 15 is 0 Å². The van der Waals surface area contributed by atoms with Crippen molar-refractivity contribution in [1.82, 2.24) is 9.55 Å². The summed E-state index contributed by atoms with van der Waals surface area (Å²) in [6, 6.07) is 17.9. The SMILES string of the molecule is Cc1c(C)n(Cc2cccc(F)c2)c2c(N3CCc4ccccc4C3C)nccc12. The molecular formula is C26H26FN3. The number of rotatable bonds is 3. The molecule has 0 saturated heterocycles. The summed E-state index contributed by atoms with van der Waals surface area (Å²) in [5, 5.41) is 1.22. The minimum absolute atomic E-state index is 0.196. The van der Waals surface area contributed by atoms with Crippen LogP contribution in [0, 0.1) is 19.7 Å². The predicted octanol–water partition coefficient (Wildman–Crippen LogP) is 5.96. The Labute approximate surface area is 176 Å². The number of hydrogen-bond donors (Lipinski definition) is 0. The van der Waals surface area contributed by atoms with Crippen molar-refractivity contribution in [3.8, 4) is 0 Å². The van der Waals surface area contributed by atoms with Gasteiger partial charge in [0.15, 0.2) is 5.82 Å². The summed E-state index contributed by atoms with van der Waals surface area (Å²) in [7, 11) is 0. The Kier molecular flexibility index (Phi) is 4.58. The van der Waals surface area contributed by atoms with E-state index in [9.17, 15) is 4.39 Å². The van der Waals surface area contributed by atoms with E-state index < -0.39 is 0 Å². The number of hydrogen-bond acceptors (Lipinski definition) is 2. The van der Waals surface area contributed by atoms with Gasteiger partial charge in [0.25, 0.3) is 0 Å². The molecule has 1 atom stereocenters. The van der Waals surface area contributed by atoms with Gasteiger partial charge in [0.2, 0.25) is 0 Å². The van der Waals surface area contributed by atoms with Crippen molar-refractivity contribution in [2.24, 2.45) is 0 Å². The summed E-state index contributed by atoms with van der Waals surface area (Å²) in [6.07, 6.45) is 2.94. The molecule has 0 amide bonds. The highest BCUT2D eigenvalue weighted by atomic mass is 19.1. The van der Waals surface area contributed by atoms with Gasteiger partial charge in [-0.25, -0.2) is 9.37 Å². The lowest BCUT2D eigenvalue weighted by Crippen LogP contribution is -2.34. The Morgan fingerprint density at radius 3 is 2.73 bits per heavy atom. The number of benzene rings is 2. The molecule has 2 aromatic carbocycles. The number of aromatic nitrogens is 2. The molecule has 1 aliphatic rings. The van der Waals surface area contributed by atoms with E-state index in [-0.39, 0.29) is 11.9 Å². The van der Waals surface area contributed by atoms with E-state index in [2.05, 4.69) is 60.6 Å². The van der Waals surface area contributed by atoms with Crippen molar-refractivity contribution in [2.75, 3.05) is 11.4 Å². The van der Waals surface area contributed by atoms with E-state index in [0.29, 0.717) is 6.54 Å². The molecule has 0 fully saturated rings. The molecule has 30 heavy (non-hydrogen) atoms. The first-order chi connectivity index (χ1) is 14.5. The maximum atomic E-state index is 13.8. The number of fused-ring (bicyclic) bond motifs is 2. The zero-order valence-corrected chi connectivity index (χ0v) is 17.7. The first-order valence-electron chi connectivity index (χ1n) is 10.6. The highest BCUT2D eigenvalue weighted by molar-refractivity contribution is 5.94. The second-order valence-corrected chi connectivity index (χ2v) is 8.28. The van der Waals surface area contributed by atoms with Gasteiger partial charge in [-0.2, -0.15) is 0 Å².